The molecule has 0 unspecified atom stereocenters. The van der Waals surface area contributed by atoms with E-state index in [1.807, 2.05) is 20.3 Å². The van der Waals surface area contributed by atoms with Crippen molar-refractivity contribution in [3.63, 3.8) is 0 Å². The van der Waals surface area contributed by atoms with Crippen molar-refractivity contribution in [2.45, 2.75) is 33.6 Å². The average molecular weight is 408 g/mol. The Morgan fingerprint density at radius 1 is 0.967 bits per heavy atom. The van der Waals surface area contributed by atoms with E-state index in [0.717, 1.165) is 60.5 Å². The summed E-state index contributed by atoms with van der Waals surface area (Å²) in [5, 5.41) is 1.02. The molecule has 30 heavy (non-hydrogen) atoms. The summed E-state index contributed by atoms with van der Waals surface area (Å²) < 4.78 is 5.88. The molecule has 6 heteroatoms. The minimum absolute atomic E-state index is 0.418. The van der Waals surface area contributed by atoms with Crippen molar-refractivity contribution in [1.29, 1.82) is 0 Å². The number of aryl methyl sites for hydroxylation is 1. The summed E-state index contributed by atoms with van der Waals surface area (Å²) in [4.78, 5) is 18.6. The number of ether oxygens (including phenoxy) is 1. The lowest BCUT2D eigenvalue weighted by atomic mass is 10.1. The van der Waals surface area contributed by atoms with Gasteiger partial charge in [0.2, 0.25) is 0 Å². The maximum absolute atomic E-state index is 5.88. The summed E-state index contributed by atoms with van der Waals surface area (Å²) in [6, 6.07) is 10.9. The standard InChI is InChI=1S/C24H33N5O/c1-6-11-29(12-7-2)23-20-16-21(19-10-8-9-18(3)15-19)25-17-22(20)26-24(27-23)30-14-13-28(4)5/h8-10,15-17H,6-7,11-14H2,1-5H3. The molecule has 0 bridgehead atoms. The lowest BCUT2D eigenvalue weighted by Crippen LogP contribution is -2.27. The summed E-state index contributed by atoms with van der Waals surface area (Å²) in [6.07, 6.45) is 3.95. The van der Waals surface area contributed by atoms with Gasteiger partial charge in [-0.25, -0.2) is 0 Å². The molecule has 1 aromatic carbocycles. The van der Waals surface area contributed by atoms with Crippen LogP contribution < -0.4 is 9.64 Å². The molecule has 0 fully saturated rings. The molecule has 0 N–H and O–H groups in total. The molecule has 0 atom stereocenters. The van der Waals surface area contributed by atoms with Crippen LogP contribution in [-0.4, -0.2) is 60.2 Å². The van der Waals surface area contributed by atoms with Crippen LogP contribution in [0.25, 0.3) is 22.2 Å². The van der Waals surface area contributed by atoms with Gasteiger partial charge >= 0.3 is 6.01 Å². The van der Waals surface area contributed by atoms with Gasteiger partial charge < -0.3 is 14.5 Å². The first kappa shape index (κ1) is 22.0. The fraction of sp³-hybridized carbons (Fsp3) is 0.458. The highest BCUT2D eigenvalue weighted by molar-refractivity contribution is 5.92. The van der Waals surface area contributed by atoms with Gasteiger partial charge in [-0.1, -0.05) is 37.6 Å². The van der Waals surface area contributed by atoms with E-state index in [2.05, 4.69) is 70.9 Å². The lowest BCUT2D eigenvalue weighted by molar-refractivity contribution is 0.246. The number of likely N-dealkylation sites (N-methyl/N-ethyl adjacent to an activating group) is 1. The molecule has 3 rings (SSSR count). The Hall–Kier alpha value is -2.73. The van der Waals surface area contributed by atoms with Crippen molar-refractivity contribution in [2.24, 2.45) is 0 Å². The Labute approximate surface area is 179 Å². The second-order valence-corrected chi connectivity index (χ2v) is 7.92. The molecule has 0 amide bonds. The van der Waals surface area contributed by atoms with Crippen molar-refractivity contribution >= 4 is 16.7 Å². The Balaban J connectivity index is 2.08. The molecule has 0 saturated heterocycles. The third kappa shape index (κ3) is 5.45. The number of rotatable bonds is 10. The molecule has 2 aromatic heterocycles. The number of anilines is 1. The number of hydrogen-bond donors (Lipinski definition) is 0. The van der Waals surface area contributed by atoms with Crippen molar-refractivity contribution in [1.82, 2.24) is 19.9 Å². The second-order valence-electron chi connectivity index (χ2n) is 7.92. The Morgan fingerprint density at radius 3 is 2.40 bits per heavy atom. The number of pyridine rings is 1. The van der Waals surface area contributed by atoms with E-state index in [0.29, 0.717) is 12.6 Å². The first-order valence-electron chi connectivity index (χ1n) is 10.8. The first-order chi connectivity index (χ1) is 14.5. The number of hydrogen-bond acceptors (Lipinski definition) is 6. The summed E-state index contributed by atoms with van der Waals surface area (Å²) in [7, 11) is 4.05. The third-order valence-corrected chi connectivity index (χ3v) is 4.91. The topological polar surface area (TPSA) is 54.4 Å². The van der Waals surface area contributed by atoms with Crippen molar-refractivity contribution < 1.29 is 4.74 Å². The molecule has 0 spiro atoms. The van der Waals surface area contributed by atoms with Crippen LogP contribution >= 0.6 is 0 Å². The number of benzene rings is 1. The molecule has 0 saturated carbocycles. The van der Waals surface area contributed by atoms with E-state index < -0.39 is 0 Å². The zero-order valence-corrected chi connectivity index (χ0v) is 18.9. The van der Waals surface area contributed by atoms with E-state index >= 15 is 0 Å². The van der Waals surface area contributed by atoms with Crippen LogP contribution in [0.3, 0.4) is 0 Å². The monoisotopic (exact) mass is 407 g/mol. The van der Waals surface area contributed by atoms with Crippen LogP contribution in [0, 0.1) is 6.92 Å². The number of fused-ring (bicyclic) bond motifs is 1. The summed E-state index contributed by atoms with van der Waals surface area (Å²) >= 11 is 0. The Kier molecular flexibility index (Phi) is 7.57. The summed E-state index contributed by atoms with van der Waals surface area (Å²) in [5.74, 6) is 0.930. The summed E-state index contributed by atoms with van der Waals surface area (Å²) in [6.45, 7) is 9.74. The van der Waals surface area contributed by atoms with E-state index in [-0.39, 0.29) is 0 Å². The molecule has 6 nitrogen and oxygen atoms in total. The van der Waals surface area contributed by atoms with Crippen LogP contribution in [0.2, 0.25) is 0 Å². The van der Waals surface area contributed by atoms with Gasteiger partial charge in [0.15, 0.2) is 0 Å². The van der Waals surface area contributed by atoms with E-state index in [4.69, 9.17) is 9.72 Å². The lowest BCUT2D eigenvalue weighted by Gasteiger charge is -2.24. The molecular formula is C24H33N5O. The van der Waals surface area contributed by atoms with Gasteiger partial charge in [0, 0.05) is 30.6 Å². The molecular weight excluding hydrogens is 374 g/mol. The second kappa shape index (κ2) is 10.3. The quantitative estimate of drug-likeness (QED) is 0.491. The van der Waals surface area contributed by atoms with E-state index in [1.54, 1.807) is 0 Å². The normalized spacial score (nSPS) is 11.3. The SMILES string of the molecule is CCCN(CCC)c1nc(OCCN(C)C)nc2cnc(-c3cccc(C)c3)cc12. The van der Waals surface area contributed by atoms with Gasteiger partial charge in [0.25, 0.3) is 0 Å². The van der Waals surface area contributed by atoms with Crippen LogP contribution in [0.4, 0.5) is 5.82 Å². The molecule has 3 aromatic rings. The van der Waals surface area contributed by atoms with E-state index in [9.17, 15) is 0 Å². The predicted molar refractivity (Wildman–Crippen MR) is 124 cm³/mol. The minimum Gasteiger partial charge on any atom is -0.462 e. The zero-order valence-electron chi connectivity index (χ0n) is 18.9. The largest absolute Gasteiger partial charge is 0.462 e. The van der Waals surface area contributed by atoms with Crippen molar-refractivity contribution in [3.05, 3.63) is 42.1 Å². The molecule has 0 aliphatic carbocycles. The molecule has 2 heterocycles. The van der Waals surface area contributed by atoms with Gasteiger partial charge in [-0.3, -0.25) is 4.98 Å². The fourth-order valence-corrected chi connectivity index (χ4v) is 3.45. The third-order valence-electron chi connectivity index (χ3n) is 4.91. The van der Waals surface area contributed by atoms with Crippen LogP contribution in [0.5, 0.6) is 6.01 Å². The predicted octanol–water partition coefficient (Wildman–Crippen LogP) is 4.57. The Bertz CT molecular complexity index is 967. The highest BCUT2D eigenvalue weighted by atomic mass is 16.5. The van der Waals surface area contributed by atoms with Gasteiger partial charge in [-0.15, -0.1) is 0 Å². The van der Waals surface area contributed by atoms with Gasteiger partial charge in [0.1, 0.15) is 12.4 Å². The van der Waals surface area contributed by atoms with Gasteiger partial charge in [-0.05, 0) is 46.0 Å². The van der Waals surface area contributed by atoms with Crippen LogP contribution in [-0.2, 0) is 0 Å². The smallest absolute Gasteiger partial charge is 0.319 e. The summed E-state index contributed by atoms with van der Waals surface area (Å²) in [5.41, 5.74) is 4.07. The molecule has 0 aliphatic heterocycles. The Morgan fingerprint density at radius 2 is 1.73 bits per heavy atom. The van der Waals surface area contributed by atoms with Crippen molar-refractivity contribution in [2.75, 3.05) is 45.2 Å². The van der Waals surface area contributed by atoms with Crippen LogP contribution in [0.15, 0.2) is 36.5 Å². The average Bonchev–Trinajstić information content (AvgIpc) is 2.72. The van der Waals surface area contributed by atoms with Gasteiger partial charge in [-0.2, -0.15) is 9.97 Å². The molecule has 0 radical (unpaired) electrons. The van der Waals surface area contributed by atoms with Crippen LogP contribution in [0.1, 0.15) is 32.3 Å². The highest BCUT2D eigenvalue weighted by Gasteiger charge is 2.16. The zero-order chi connectivity index (χ0) is 21.5. The molecule has 160 valence electrons. The first-order valence-corrected chi connectivity index (χ1v) is 10.8. The minimum atomic E-state index is 0.418. The number of nitrogens with zero attached hydrogens (tertiary/aromatic N) is 5. The maximum Gasteiger partial charge on any atom is 0.319 e. The fourth-order valence-electron chi connectivity index (χ4n) is 3.45. The van der Waals surface area contributed by atoms with E-state index in [1.165, 1.54) is 5.56 Å². The number of aromatic nitrogens is 3. The maximum atomic E-state index is 5.88. The van der Waals surface area contributed by atoms with Gasteiger partial charge in [0.05, 0.1) is 17.4 Å². The highest BCUT2D eigenvalue weighted by Crippen LogP contribution is 2.30. The van der Waals surface area contributed by atoms with Crippen molar-refractivity contribution in [3.8, 4) is 17.3 Å². The molecule has 0 aliphatic rings.